The highest BCUT2D eigenvalue weighted by molar-refractivity contribution is 5.08. The van der Waals surface area contributed by atoms with E-state index in [0.717, 1.165) is 25.7 Å². The highest BCUT2D eigenvalue weighted by atomic mass is 15.3. The fourth-order valence-corrected chi connectivity index (χ4v) is 3.95. The van der Waals surface area contributed by atoms with E-state index in [-0.39, 0.29) is 0 Å². The Kier molecular flexibility index (Phi) is 4.10. The highest BCUT2D eigenvalue weighted by Gasteiger charge is 2.37. The molecular formula is C15H27N5. The lowest BCUT2D eigenvalue weighted by atomic mass is 10.1. The van der Waals surface area contributed by atoms with E-state index < -0.39 is 0 Å². The van der Waals surface area contributed by atoms with Crippen molar-refractivity contribution in [3.05, 3.63) is 18.2 Å². The number of nitrogens with two attached hydrogens (primary N) is 1. The smallest absolute Gasteiger partial charge is 0.0948 e. The quantitative estimate of drug-likeness (QED) is 0.894. The summed E-state index contributed by atoms with van der Waals surface area (Å²) in [6.07, 6.45) is 7.89. The Bertz CT molecular complexity index is 443. The Balaban J connectivity index is 1.80. The lowest BCUT2D eigenvalue weighted by molar-refractivity contribution is 0.170. The fraction of sp³-hybridized carbons (Fsp3) is 0.800. The molecule has 0 aliphatic carbocycles. The Morgan fingerprint density at radius 2 is 2.15 bits per heavy atom. The van der Waals surface area contributed by atoms with Crippen molar-refractivity contribution in [1.29, 1.82) is 0 Å². The highest BCUT2D eigenvalue weighted by Crippen LogP contribution is 2.32. The second-order valence-corrected chi connectivity index (χ2v) is 6.19. The molecule has 2 aliphatic rings. The van der Waals surface area contributed by atoms with Gasteiger partial charge in [0.1, 0.15) is 0 Å². The average molecular weight is 277 g/mol. The van der Waals surface area contributed by atoms with Crippen molar-refractivity contribution in [2.45, 2.75) is 50.9 Å². The summed E-state index contributed by atoms with van der Waals surface area (Å²) in [6, 6.07) is 1.79. The van der Waals surface area contributed by atoms with Gasteiger partial charge in [-0.15, -0.1) is 0 Å². The number of aromatic nitrogens is 2. The second-order valence-electron chi connectivity index (χ2n) is 6.19. The summed E-state index contributed by atoms with van der Waals surface area (Å²) < 4.78 is 2.23. The van der Waals surface area contributed by atoms with Crippen LogP contribution in [0.4, 0.5) is 0 Å². The lowest BCUT2D eigenvalue weighted by Gasteiger charge is -2.32. The molecule has 0 aromatic carbocycles. The predicted octanol–water partition coefficient (Wildman–Crippen LogP) is 1.07. The van der Waals surface area contributed by atoms with Crippen LogP contribution in [0.25, 0.3) is 0 Å². The molecule has 3 atom stereocenters. The van der Waals surface area contributed by atoms with Crippen LogP contribution in [0.3, 0.4) is 0 Å². The van der Waals surface area contributed by atoms with Gasteiger partial charge in [0.2, 0.25) is 0 Å². The first-order valence-corrected chi connectivity index (χ1v) is 7.90. The molecular weight excluding hydrogens is 250 g/mol. The lowest BCUT2D eigenvalue weighted by Crippen LogP contribution is -2.41. The number of imidazole rings is 1. The van der Waals surface area contributed by atoms with Crippen LogP contribution < -0.4 is 5.73 Å². The molecule has 112 valence electrons. The maximum Gasteiger partial charge on any atom is 0.0948 e. The van der Waals surface area contributed by atoms with Gasteiger partial charge < -0.3 is 10.3 Å². The molecule has 3 rings (SSSR count). The van der Waals surface area contributed by atoms with Crippen molar-refractivity contribution < 1.29 is 0 Å². The molecule has 2 bridgehead atoms. The normalized spacial score (nSPS) is 29.6. The molecule has 0 radical (unpaired) electrons. The van der Waals surface area contributed by atoms with Crippen molar-refractivity contribution in [3.63, 3.8) is 0 Å². The van der Waals surface area contributed by atoms with Gasteiger partial charge in [-0.1, -0.05) is 0 Å². The number of likely N-dealkylation sites (N-methyl/N-ethyl adjacent to an activating group) is 1. The minimum atomic E-state index is 0.310. The first kappa shape index (κ1) is 14.0. The third-order valence-corrected chi connectivity index (χ3v) is 5.27. The zero-order valence-electron chi connectivity index (χ0n) is 12.7. The van der Waals surface area contributed by atoms with E-state index >= 15 is 0 Å². The SMILES string of the molecule is CCn1cncc1C(CN)N1CCC2CCC(C1)N2C. The van der Waals surface area contributed by atoms with Crippen LogP contribution in [0.1, 0.15) is 37.9 Å². The molecule has 2 aliphatic heterocycles. The van der Waals surface area contributed by atoms with Gasteiger partial charge in [-0.2, -0.15) is 0 Å². The van der Waals surface area contributed by atoms with Gasteiger partial charge >= 0.3 is 0 Å². The molecule has 0 spiro atoms. The third kappa shape index (κ3) is 2.38. The minimum absolute atomic E-state index is 0.310. The van der Waals surface area contributed by atoms with Gasteiger partial charge in [0.05, 0.1) is 18.1 Å². The first-order valence-electron chi connectivity index (χ1n) is 7.90. The third-order valence-electron chi connectivity index (χ3n) is 5.27. The average Bonchev–Trinajstić information content (AvgIpc) is 2.98. The van der Waals surface area contributed by atoms with Crippen LogP contribution in [0.2, 0.25) is 0 Å². The molecule has 1 aromatic heterocycles. The number of nitrogens with zero attached hydrogens (tertiary/aromatic N) is 4. The number of hydrogen-bond donors (Lipinski definition) is 1. The van der Waals surface area contributed by atoms with E-state index in [1.54, 1.807) is 0 Å². The molecule has 0 amide bonds. The predicted molar refractivity (Wildman–Crippen MR) is 80.5 cm³/mol. The summed E-state index contributed by atoms with van der Waals surface area (Å²) >= 11 is 0. The van der Waals surface area contributed by atoms with Gasteiger partial charge in [-0.05, 0) is 33.2 Å². The number of aryl methyl sites for hydroxylation is 1. The molecule has 3 unspecified atom stereocenters. The van der Waals surface area contributed by atoms with Gasteiger partial charge in [0.15, 0.2) is 0 Å². The van der Waals surface area contributed by atoms with Gasteiger partial charge in [-0.3, -0.25) is 9.80 Å². The van der Waals surface area contributed by atoms with E-state index in [4.69, 9.17) is 5.73 Å². The Morgan fingerprint density at radius 3 is 2.90 bits per heavy atom. The van der Waals surface area contributed by atoms with E-state index in [0.29, 0.717) is 18.6 Å². The summed E-state index contributed by atoms with van der Waals surface area (Å²) in [5.74, 6) is 0. The summed E-state index contributed by atoms with van der Waals surface area (Å²) in [5.41, 5.74) is 7.38. The molecule has 2 saturated heterocycles. The molecule has 2 N–H and O–H groups in total. The fourth-order valence-electron chi connectivity index (χ4n) is 3.95. The standard InChI is InChI=1S/C15H27N5/c1-3-19-11-17-9-15(19)14(8-16)20-7-6-12-4-5-13(10-20)18(12)2/h9,11-14H,3-8,10,16H2,1-2H3. The number of fused-ring (bicyclic) bond motifs is 2. The number of hydrogen-bond acceptors (Lipinski definition) is 4. The van der Waals surface area contributed by atoms with Crippen LogP contribution in [0, 0.1) is 0 Å². The minimum Gasteiger partial charge on any atom is -0.333 e. The van der Waals surface area contributed by atoms with Crippen LogP contribution in [0.15, 0.2) is 12.5 Å². The van der Waals surface area contributed by atoms with E-state index in [9.17, 15) is 0 Å². The second kappa shape index (κ2) is 5.84. The molecule has 20 heavy (non-hydrogen) atoms. The van der Waals surface area contributed by atoms with Crippen molar-refractivity contribution in [2.75, 3.05) is 26.7 Å². The van der Waals surface area contributed by atoms with E-state index in [1.165, 1.54) is 25.0 Å². The van der Waals surface area contributed by atoms with Crippen molar-refractivity contribution in [3.8, 4) is 0 Å². The summed E-state index contributed by atoms with van der Waals surface area (Å²) in [5, 5.41) is 0. The molecule has 2 fully saturated rings. The maximum atomic E-state index is 6.11. The monoisotopic (exact) mass is 277 g/mol. The van der Waals surface area contributed by atoms with Crippen LogP contribution >= 0.6 is 0 Å². The number of rotatable bonds is 4. The first-order chi connectivity index (χ1) is 9.74. The zero-order chi connectivity index (χ0) is 14.1. The van der Waals surface area contributed by atoms with Crippen molar-refractivity contribution >= 4 is 0 Å². The molecule has 5 heteroatoms. The molecule has 5 nitrogen and oxygen atoms in total. The summed E-state index contributed by atoms with van der Waals surface area (Å²) in [6.45, 7) is 6.10. The summed E-state index contributed by atoms with van der Waals surface area (Å²) in [7, 11) is 2.29. The summed E-state index contributed by atoms with van der Waals surface area (Å²) in [4.78, 5) is 9.49. The maximum absolute atomic E-state index is 6.11. The van der Waals surface area contributed by atoms with E-state index in [1.807, 2.05) is 12.5 Å². The van der Waals surface area contributed by atoms with Crippen LogP contribution in [-0.4, -0.2) is 58.1 Å². The number of likely N-dealkylation sites (tertiary alicyclic amines) is 1. The van der Waals surface area contributed by atoms with Gasteiger partial charge in [0, 0.05) is 44.5 Å². The Hall–Kier alpha value is -0.910. The topological polar surface area (TPSA) is 50.3 Å². The molecule has 0 saturated carbocycles. The van der Waals surface area contributed by atoms with Gasteiger partial charge in [-0.25, -0.2) is 4.98 Å². The molecule has 3 heterocycles. The largest absolute Gasteiger partial charge is 0.333 e. The Morgan fingerprint density at radius 1 is 1.35 bits per heavy atom. The van der Waals surface area contributed by atoms with Crippen LogP contribution in [-0.2, 0) is 6.54 Å². The zero-order valence-corrected chi connectivity index (χ0v) is 12.7. The van der Waals surface area contributed by atoms with Crippen LogP contribution in [0.5, 0.6) is 0 Å². The molecule has 1 aromatic rings. The van der Waals surface area contributed by atoms with Gasteiger partial charge in [0.25, 0.3) is 0 Å². The van der Waals surface area contributed by atoms with Crippen molar-refractivity contribution in [2.24, 2.45) is 5.73 Å². The Labute approximate surface area is 121 Å². The van der Waals surface area contributed by atoms with Crippen molar-refractivity contribution in [1.82, 2.24) is 19.4 Å². The van der Waals surface area contributed by atoms with E-state index in [2.05, 4.69) is 33.3 Å².